The summed E-state index contributed by atoms with van der Waals surface area (Å²) in [6.45, 7) is 17.6. The number of para-hydroxylation sites is 2. The van der Waals surface area contributed by atoms with E-state index in [1.807, 2.05) is 0 Å². The van der Waals surface area contributed by atoms with Crippen molar-refractivity contribution in [2.45, 2.75) is 66.2 Å². The van der Waals surface area contributed by atoms with Crippen LogP contribution in [0.5, 0.6) is 0 Å². The van der Waals surface area contributed by atoms with Gasteiger partial charge in [0.05, 0.1) is 17.1 Å². The quantitative estimate of drug-likeness (QED) is 0.162. The maximum Gasteiger partial charge on any atom is 0.342 e. The molecule has 5 nitrogen and oxygen atoms in total. The molecule has 4 heterocycles. The van der Waals surface area contributed by atoms with E-state index in [1.54, 1.807) is 0 Å². The summed E-state index contributed by atoms with van der Waals surface area (Å²) in [5, 5.41) is 2.14. The highest BCUT2D eigenvalue weighted by atomic mass is 16.3. The first kappa shape index (κ1) is 38.0. The van der Waals surface area contributed by atoms with E-state index in [-0.39, 0.29) is 17.5 Å². The van der Waals surface area contributed by atoms with Gasteiger partial charge >= 0.3 is 6.71 Å². The molecule has 0 radical (unpaired) electrons. The Morgan fingerprint density at radius 1 is 0.452 bits per heavy atom. The molecule has 0 atom stereocenters. The highest BCUT2D eigenvalue weighted by molar-refractivity contribution is 6.99. The lowest BCUT2D eigenvalue weighted by Crippen LogP contribution is -2.60. The monoisotopic (exact) mass is 807 g/mol. The molecule has 304 valence electrons. The van der Waals surface area contributed by atoms with Gasteiger partial charge in [0.15, 0.2) is 0 Å². The second kappa shape index (κ2) is 13.8. The Hall–Kier alpha value is -6.92. The summed E-state index contributed by atoms with van der Waals surface area (Å²) in [6, 6.07) is 57.7. The highest BCUT2D eigenvalue weighted by Gasteiger charge is 2.50. The van der Waals surface area contributed by atoms with Crippen molar-refractivity contribution in [3.8, 4) is 0 Å². The molecule has 0 N–H and O–H groups in total. The summed E-state index contributed by atoms with van der Waals surface area (Å²) >= 11 is 0. The molecule has 7 aromatic carbocycles. The normalized spacial score (nSPS) is 13.4. The van der Waals surface area contributed by atoms with Crippen LogP contribution >= 0.6 is 0 Å². The van der Waals surface area contributed by atoms with E-state index in [4.69, 9.17) is 8.83 Å². The van der Waals surface area contributed by atoms with E-state index in [2.05, 4.69) is 228 Å². The predicted octanol–water partition coefficient (Wildman–Crippen LogP) is 13.9. The van der Waals surface area contributed by atoms with Gasteiger partial charge in [-0.05, 0) is 137 Å². The Labute approximate surface area is 364 Å². The van der Waals surface area contributed by atoms with Gasteiger partial charge in [0.2, 0.25) is 0 Å². The molecule has 0 bridgehead atoms. The lowest BCUT2D eigenvalue weighted by Gasteiger charge is -2.42. The average molecular weight is 808 g/mol. The van der Waals surface area contributed by atoms with Crippen LogP contribution in [0.3, 0.4) is 0 Å². The Bertz CT molecular complexity index is 2960. The summed E-state index contributed by atoms with van der Waals surface area (Å²) in [5.74, 6) is 0. The number of fused-ring (bicyclic) bond motifs is 8. The number of furan rings is 2. The lowest BCUT2D eigenvalue weighted by molar-refractivity contribution is 0.590. The zero-order valence-electron chi connectivity index (χ0n) is 36.7. The third-order valence-electron chi connectivity index (χ3n) is 12.8. The van der Waals surface area contributed by atoms with Crippen LogP contribution in [0, 0.1) is 13.8 Å². The lowest BCUT2D eigenvalue weighted by atomic mass is 9.37. The molecule has 9 aromatic rings. The van der Waals surface area contributed by atoms with Crippen LogP contribution in [0.25, 0.3) is 21.9 Å². The van der Waals surface area contributed by atoms with E-state index < -0.39 is 0 Å². The first-order chi connectivity index (χ1) is 29.8. The van der Waals surface area contributed by atoms with Crippen molar-refractivity contribution in [2.75, 3.05) is 14.7 Å². The molecule has 2 aliphatic heterocycles. The molecule has 0 spiro atoms. The van der Waals surface area contributed by atoms with Gasteiger partial charge in [-0.2, -0.15) is 0 Å². The smallest absolute Gasteiger partial charge is 0.342 e. The van der Waals surface area contributed by atoms with E-state index >= 15 is 0 Å². The van der Waals surface area contributed by atoms with Crippen molar-refractivity contribution < 1.29 is 8.83 Å². The molecule has 0 fully saturated rings. The van der Waals surface area contributed by atoms with Gasteiger partial charge < -0.3 is 23.5 Å². The van der Waals surface area contributed by atoms with Crippen molar-refractivity contribution in [1.82, 2.24) is 0 Å². The van der Waals surface area contributed by atoms with E-state index in [9.17, 15) is 0 Å². The fourth-order valence-electron chi connectivity index (χ4n) is 9.66. The van der Waals surface area contributed by atoms with Crippen molar-refractivity contribution in [3.63, 3.8) is 0 Å². The number of rotatable bonds is 5. The van der Waals surface area contributed by atoms with Gasteiger partial charge in [-0.3, -0.25) is 0 Å². The first-order valence-electron chi connectivity index (χ1n) is 21.8. The average Bonchev–Trinajstić information content (AvgIpc) is 3.81. The number of hydrogen-bond donors (Lipinski definition) is 0. The zero-order chi connectivity index (χ0) is 42.7. The molecule has 0 saturated carbocycles. The van der Waals surface area contributed by atoms with Crippen LogP contribution in [0.4, 0.5) is 51.2 Å². The number of anilines is 9. The van der Waals surface area contributed by atoms with Crippen molar-refractivity contribution in [2.24, 2.45) is 0 Å². The first-order valence-corrected chi connectivity index (χ1v) is 21.8. The van der Waals surface area contributed by atoms with Crippen LogP contribution in [-0.4, -0.2) is 6.71 Å². The molecule has 0 unspecified atom stereocenters. The Balaban J connectivity index is 1.29. The molecular formula is C56H50BN3O2. The summed E-state index contributed by atoms with van der Waals surface area (Å²) in [6.07, 6.45) is 0. The van der Waals surface area contributed by atoms with Gasteiger partial charge in [-0.25, -0.2) is 0 Å². The summed E-state index contributed by atoms with van der Waals surface area (Å²) in [7, 11) is 0. The fraction of sp³-hybridized carbons (Fsp3) is 0.179. The molecule has 11 rings (SSSR count). The molecule has 0 aliphatic carbocycles. The van der Waals surface area contributed by atoms with Crippen LogP contribution in [0.2, 0.25) is 0 Å². The van der Waals surface area contributed by atoms with Gasteiger partial charge in [0, 0.05) is 44.9 Å². The summed E-state index contributed by atoms with van der Waals surface area (Å²) in [4.78, 5) is 7.29. The van der Waals surface area contributed by atoms with E-state index in [1.165, 1.54) is 11.1 Å². The third-order valence-corrected chi connectivity index (χ3v) is 12.8. The van der Waals surface area contributed by atoms with E-state index in [0.29, 0.717) is 0 Å². The summed E-state index contributed by atoms with van der Waals surface area (Å²) in [5.41, 5.74) is 19.1. The molecule has 0 amide bonds. The number of nitrogens with zero attached hydrogens (tertiary/aromatic N) is 3. The Kier molecular flexibility index (Phi) is 8.47. The highest BCUT2D eigenvalue weighted by Crippen LogP contribution is 2.51. The molecule has 2 aromatic heterocycles. The molecule has 62 heavy (non-hydrogen) atoms. The topological polar surface area (TPSA) is 36.0 Å². The zero-order valence-corrected chi connectivity index (χ0v) is 36.7. The summed E-state index contributed by atoms with van der Waals surface area (Å²) < 4.78 is 14.4. The minimum absolute atomic E-state index is 0.000581. The van der Waals surface area contributed by atoms with Gasteiger partial charge in [-0.1, -0.05) is 114 Å². The maximum absolute atomic E-state index is 7.21. The van der Waals surface area contributed by atoms with Crippen molar-refractivity contribution >= 4 is 96.6 Å². The van der Waals surface area contributed by atoms with Crippen LogP contribution in [-0.2, 0) is 10.8 Å². The van der Waals surface area contributed by atoms with Crippen LogP contribution < -0.4 is 31.5 Å². The van der Waals surface area contributed by atoms with Crippen molar-refractivity contribution in [1.29, 1.82) is 0 Å². The van der Waals surface area contributed by atoms with Gasteiger partial charge in [-0.15, -0.1) is 0 Å². The van der Waals surface area contributed by atoms with Gasteiger partial charge in [0.25, 0.3) is 0 Å². The SMILES string of the molecule is Cc1ccc2c3c(oc2c1)B1c2oc4cc(C)ccc4c2N(c2ccc(C(C)(C)C)cc2)c2cc(N(c4ccccc4)c4ccccc4)cc(c21)N3c1ccc(C(C)(C)C)cc1. The standard InChI is InChI=1S/C56H50BN3O2/c1-35-19-29-44-48(31-35)61-53-51(44)59(41-25-21-37(22-26-41)55(3,4)5)46-33-43(58(39-15-11-9-12-16-39)40-17-13-10-14-18-40)34-47-50(46)57(53)54-52(45-30-20-36(2)32-49(45)62-54)60(47)42-27-23-38(24-28-42)56(6,7)8/h9-34H,1-8H3. The molecule has 6 heteroatoms. The van der Waals surface area contributed by atoms with Crippen LogP contribution in [0.15, 0.2) is 167 Å². The Morgan fingerprint density at radius 2 is 0.855 bits per heavy atom. The number of benzene rings is 7. The molecular weight excluding hydrogens is 757 g/mol. The predicted molar refractivity (Wildman–Crippen MR) is 262 cm³/mol. The minimum Gasteiger partial charge on any atom is -0.468 e. The molecule has 2 aliphatic rings. The van der Waals surface area contributed by atoms with E-state index in [0.717, 1.165) is 101 Å². The maximum atomic E-state index is 7.21. The number of aryl methyl sites for hydroxylation is 2. The molecule has 0 saturated heterocycles. The largest absolute Gasteiger partial charge is 0.468 e. The third kappa shape index (κ3) is 5.99. The number of hydrogen-bond acceptors (Lipinski definition) is 5. The minimum atomic E-state index is -0.323. The Morgan fingerprint density at radius 3 is 1.24 bits per heavy atom. The fourth-order valence-corrected chi connectivity index (χ4v) is 9.66. The second-order valence-electron chi connectivity index (χ2n) is 19.2. The van der Waals surface area contributed by atoms with Crippen molar-refractivity contribution in [3.05, 3.63) is 180 Å². The van der Waals surface area contributed by atoms with Crippen LogP contribution in [0.1, 0.15) is 63.8 Å². The second-order valence-corrected chi connectivity index (χ2v) is 19.2. The van der Waals surface area contributed by atoms with Gasteiger partial charge in [0.1, 0.15) is 22.5 Å².